The molecule has 0 amide bonds. The molecule has 0 aromatic heterocycles. The first-order valence-corrected chi connectivity index (χ1v) is 7.86. The summed E-state index contributed by atoms with van der Waals surface area (Å²) in [7, 11) is -1.56. The van der Waals surface area contributed by atoms with E-state index in [0.717, 1.165) is 32.1 Å². The summed E-state index contributed by atoms with van der Waals surface area (Å²) < 4.78 is 12.8. The predicted molar refractivity (Wildman–Crippen MR) is 70.8 cm³/mol. The molecule has 0 radical (unpaired) electrons. The summed E-state index contributed by atoms with van der Waals surface area (Å²) in [6, 6.07) is 9.04. The Balaban J connectivity index is 2.39. The van der Waals surface area contributed by atoms with Gasteiger partial charge in [-0.25, -0.2) is 0 Å². The van der Waals surface area contributed by atoms with Gasteiger partial charge in [-0.3, -0.25) is 4.57 Å². The molecule has 1 fully saturated rings. The smallest absolute Gasteiger partial charge is 0.249 e. The van der Waals surface area contributed by atoms with Gasteiger partial charge in [0, 0.05) is 5.30 Å². The molecule has 1 saturated carbocycles. The molecular formula is C13H20NO2P. The van der Waals surface area contributed by atoms with E-state index in [1.54, 1.807) is 19.2 Å². The Kier molecular flexibility index (Phi) is 3.72. The quantitative estimate of drug-likeness (QED) is 0.813. The van der Waals surface area contributed by atoms with Crippen molar-refractivity contribution in [2.75, 3.05) is 7.05 Å². The summed E-state index contributed by atoms with van der Waals surface area (Å²) in [4.78, 5) is 10.6. The van der Waals surface area contributed by atoms with Crippen molar-refractivity contribution >= 4 is 12.7 Å². The number of benzene rings is 1. The average molecular weight is 253 g/mol. The lowest BCUT2D eigenvalue weighted by atomic mass is 9.95. The third-order valence-corrected chi connectivity index (χ3v) is 6.66. The van der Waals surface area contributed by atoms with Gasteiger partial charge in [-0.05, 0) is 32.0 Å². The van der Waals surface area contributed by atoms with Gasteiger partial charge in [-0.15, -0.1) is 0 Å². The minimum absolute atomic E-state index is 0.566. The Morgan fingerprint density at radius 3 is 2.29 bits per heavy atom. The first-order valence-electron chi connectivity index (χ1n) is 6.20. The normalized spacial score (nSPS) is 22.9. The molecule has 1 aromatic carbocycles. The Hall–Kier alpha value is -0.630. The second kappa shape index (κ2) is 4.93. The Morgan fingerprint density at radius 1 is 1.18 bits per heavy atom. The van der Waals surface area contributed by atoms with Gasteiger partial charge in [0.05, 0.1) is 5.28 Å². The first kappa shape index (κ1) is 12.8. The molecule has 0 aliphatic heterocycles. The molecule has 0 heterocycles. The molecule has 0 spiro atoms. The molecular weight excluding hydrogens is 233 g/mol. The van der Waals surface area contributed by atoms with E-state index in [4.69, 9.17) is 0 Å². The van der Waals surface area contributed by atoms with E-state index in [1.165, 1.54) is 0 Å². The molecule has 1 aliphatic rings. The van der Waals surface area contributed by atoms with E-state index in [0.29, 0.717) is 5.30 Å². The van der Waals surface area contributed by atoms with Gasteiger partial charge >= 0.3 is 0 Å². The summed E-state index contributed by atoms with van der Waals surface area (Å²) in [5.74, 6) is 0. The Labute approximate surface area is 103 Å². The molecule has 1 aliphatic carbocycles. The molecule has 2 N–H and O–H groups in total. The third kappa shape index (κ3) is 2.20. The molecule has 0 bridgehead atoms. The van der Waals surface area contributed by atoms with Crippen LogP contribution in [-0.4, -0.2) is 17.2 Å². The van der Waals surface area contributed by atoms with E-state index < -0.39 is 12.6 Å². The van der Waals surface area contributed by atoms with Crippen molar-refractivity contribution < 1.29 is 9.46 Å². The highest BCUT2D eigenvalue weighted by molar-refractivity contribution is 7.67. The Bertz CT molecular complexity index is 413. The number of nitrogens with one attached hydrogen (secondary N) is 1. The summed E-state index contributed by atoms with van der Waals surface area (Å²) in [5, 5.41) is 3.09. The van der Waals surface area contributed by atoms with Crippen LogP contribution < -0.4 is 10.6 Å². The molecule has 1 aromatic rings. The molecule has 17 heavy (non-hydrogen) atoms. The van der Waals surface area contributed by atoms with Crippen molar-refractivity contribution in [3.63, 3.8) is 0 Å². The third-order valence-electron chi connectivity index (χ3n) is 3.83. The molecule has 1 atom stereocenters. The summed E-state index contributed by atoms with van der Waals surface area (Å²) >= 11 is 0. The van der Waals surface area contributed by atoms with Crippen LogP contribution in [0.1, 0.15) is 32.1 Å². The van der Waals surface area contributed by atoms with Crippen LogP contribution >= 0.6 is 7.37 Å². The van der Waals surface area contributed by atoms with E-state index in [-0.39, 0.29) is 0 Å². The van der Waals surface area contributed by atoms with Gasteiger partial charge < -0.3 is 10.2 Å². The first-order chi connectivity index (χ1) is 8.12. The number of hydrogen-bond donors (Lipinski definition) is 2. The Morgan fingerprint density at radius 2 is 1.76 bits per heavy atom. The lowest BCUT2D eigenvalue weighted by Crippen LogP contribution is -2.46. The van der Waals surface area contributed by atoms with Crippen molar-refractivity contribution in [2.24, 2.45) is 0 Å². The second-order valence-corrected chi connectivity index (χ2v) is 7.28. The van der Waals surface area contributed by atoms with Gasteiger partial charge in [0.25, 0.3) is 0 Å². The van der Waals surface area contributed by atoms with Crippen LogP contribution in [0.4, 0.5) is 0 Å². The van der Waals surface area contributed by atoms with E-state index >= 15 is 0 Å². The van der Waals surface area contributed by atoms with Gasteiger partial charge in [0.1, 0.15) is 0 Å². The second-order valence-electron chi connectivity index (χ2n) is 4.75. The van der Waals surface area contributed by atoms with E-state index in [2.05, 4.69) is 5.32 Å². The standard InChI is InChI=1S/C13H20NO2P/c1-14-13(10-6-3-7-11-13)17(15,16)12-8-4-2-5-9-12/h2,4-5,8-9,14H,3,6-7,10-11H2,1H3,(H,15,16). The summed E-state index contributed by atoms with van der Waals surface area (Å²) in [6.45, 7) is 0. The van der Waals surface area contributed by atoms with Crippen molar-refractivity contribution in [1.82, 2.24) is 5.32 Å². The highest BCUT2D eigenvalue weighted by atomic mass is 31.2. The van der Waals surface area contributed by atoms with Crippen LogP contribution in [0.3, 0.4) is 0 Å². The van der Waals surface area contributed by atoms with Crippen LogP contribution in [0.25, 0.3) is 0 Å². The maximum Gasteiger partial charge on any atom is 0.249 e. The van der Waals surface area contributed by atoms with E-state index in [9.17, 15) is 9.46 Å². The minimum Gasteiger partial charge on any atom is -0.340 e. The molecule has 94 valence electrons. The highest BCUT2D eigenvalue weighted by Crippen LogP contribution is 2.57. The van der Waals surface area contributed by atoms with Crippen LogP contribution in [0.5, 0.6) is 0 Å². The molecule has 4 heteroatoms. The van der Waals surface area contributed by atoms with Crippen LogP contribution in [-0.2, 0) is 4.57 Å². The van der Waals surface area contributed by atoms with Gasteiger partial charge in [-0.2, -0.15) is 0 Å². The van der Waals surface area contributed by atoms with Crippen molar-refractivity contribution in [1.29, 1.82) is 0 Å². The number of hydrogen-bond acceptors (Lipinski definition) is 2. The average Bonchev–Trinajstić information content (AvgIpc) is 2.40. The molecule has 3 nitrogen and oxygen atoms in total. The fourth-order valence-corrected chi connectivity index (χ4v) is 5.01. The fraction of sp³-hybridized carbons (Fsp3) is 0.538. The van der Waals surface area contributed by atoms with Gasteiger partial charge in [-0.1, -0.05) is 37.5 Å². The molecule has 2 rings (SSSR count). The zero-order valence-electron chi connectivity index (χ0n) is 10.2. The van der Waals surface area contributed by atoms with Crippen LogP contribution in [0, 0.1) is 0 Å². The summed E-state index contributed by atoms with van der Waals surface area (Å²) in [6.07, 6.45) is 4.78. The SMILES string of the molecule is CNC1(P(=O)(O)c2ccccc2)CCCCC1. The van der Waals surface area contributed by atoms with E-state index in [1.807, 2.05) is 18.2 Å². The lowest BCUT2D eigenvalue weighted by molar-refractivity contribution is 0.308. The largest absolute Gasteiger partial charge is 0.340 e. The van der Waals surface area contributed by atoms with Crippen LogP contribution in [0.15, 0.2) is 30.3 Å². The topological polar surface area (TPSA) is 49.3 Å². The molecule has 0 saturated heterocycles. The van der Waals surface area contributed by atoms with Gasteiger partial charge in [0.2, 0.25) is 7.37 Å². The zero-order valence-corrected chi connectivity index (χ0v) is 11.1. The summed E-state index contributed by atoms with van der Waals surface area (Å²) in [5.41, 5.74) is 0. The van der Waals surface area contributed by atoms with Crippen molar-refractivity contribution in [3.8, 4) is 0 Å². The lowest BCUT2D eigenvalue weighted by Gasteiger charge is -2.40. The highest BCUT2D eigenvalue weighted by Gasteiger charge is 2.47. The van der Waals surface area contributed by atoms with Gasteiger partial charge in [0.15, 0.2) is 0 Å². The predicted octanol–water partition coefficient (Wildman–Crippen LogP) is 2.46. The molecule has 1 unspecified atom stereocenters. The fourth-order valence-electron chi connectivity index (χ4n) is 2.72. The zero-order chi connectivity index (χ0) is 12.4. The van der Waals surface area contributed by atoms with Crippen LogP contribution in [0.2, 0.25) is 0 Å². The minimum atomic E-state index is -3.36. The monoisotopic (exact) mass is 253 g/mol. The maximum atomic E-state index is 12.8. The maximum absolute atomic E-state index is 12.8. The number of rotatable bonds is 3. The van der Waals surface area contributed by atoms with Crippen molar-refractivity contribution in [2.45, 2.75) is 37.4 Å². The van der Waals surface area contributed by atoms with Crippen molar-refractivity contribution in [3.05, 3.63) is 30.3 Å².